The zero-order chi connectivity index (χ0) is 12.4. The molecule has 3 unspecified atom stereocenters. The third kappa shape index (κ3) is 2.83. The molecule has 0 saturated heterocycles. The fourth-order valence-electron chi connectivity index (χ4n) is 2.34. The molecular weight excluding hydrogens is 220 g/mol. The van der Waals surface area contributed by atoms with Crippen LogP contribution < -0.4 is 5.32 Å². The summed E-state index contributed by atoms with van der Waals surface area (Å²) < 4.78 is 26.2. The van der Waals surface area contributed by atoms with Crippen molar-refractivity contribution in [1.82, 2.24) is 5.32 Å². The minimum absolute atomic E-state index is 0.167. The predicted octanol–water partition coefficient (Wildman–Crippen LogP) is 3.66. The van der Waals surface area contributed by atoms with Crippen molar-refractivity contribution in [3.8, 4) is 0 Å². The second kappa shape index (κ2) is 5.13. The van der Waals surface area contributed by atoms with Crippen LogP contribution in [0, 0.1) is 23.5 Å². The third-order valence-electron chi connectivity index (χ3n) is 3.52. The maximum atomic E-state index is 13.2. The van der Waals surface area contributed by atoms with Gasteiger partial charge in [0.15, 0.2) is 11.6 Å². The summed E-state index contributed by atoms with van der Waals surface area (Å²) in [7, 11) is 0. The van der Waals surface area contributed by atoms with E-state index in [-0.39, 0.29) is 6.04 Å². The van der Waals surface area contributed by atoms with Crippen molar-refractivity contribution < 1.29 is 8.78 Å². The van der Waals surface area contributed by atoms with Crippen molar-refractivity contribution in [3.63, 3.8) is 0 Å². The summed E-state index contributed by atoms with van der Waals surface area (Å²) in [6, 6.07) is 4.41. The minimum Gasteiger partial charge on any atom is -0.310 e. The normalized spacial score (nSPS) is 24.7. The van der Waals surface area contributed by atoms with E-state index in [0.29, 0.717) is 11.8 Å². The molecule has 0 bridgehead atoms. The predicted molar refractivity (Wildman–Crippen MR) is 64.7 cm³/mol. The van der Waals surface area contributed by atoms with E-state index in [1.54, 1.807) is 6.07 Å². The fraction of sp³-hybridized carbons (Fsp3) is 0.571. The Kier molecular flexibility index (Phi) is 3.77. The summed E-state index contributed by atoms with van der Waals surface area (Å²) in [5.41, 5.74) is 0.867. The highest BCUT2D eigenvalue weighted by Gasteiger charge is 2.39. The molecule has 2 rings (SSSR count). The molecule has 3 atom stereocenters. The van der Waals surface area contributed by atoms with Crippen LogP contribution in [0.5, 0.6) is 0 Å². The molecule has 0 amide bonds. The Morgan fingerprint density at radius 2 is 2.06 bits per heavy atom. The van der Waals surface area contributed by atoms with Gasteiger partial charge in [0.1, 0.15) is 0 Å². The van der Waals surface area contributed by atoms with Crippen LogP contribution in [0.25, 0.3) is 0 Å². The van der Waals surface area contributed by atoms with Crippen molar-refractivity contribution in [2.45, 2.75) is 32.7 Å². The van der Waals surface area contributed by atoms with E-state index in [9.17, 15) is 8.78 Å². The lowest BCUT2D eigenvalue weighted by atomic mass is 10.0. The van der Waals surface area contributed by atoms with Crippen LogP contribution in [0.15, 0.2) is 18.2 Å². The Balaban J connectivity index is 2.16. The van der Waals surface area contributed by atoms with E-state index < -0.39 is 11.6 Å². The SMILES string of the molecule is CCCNC(c1ccc(F)c(F)c1)C1CC1C. The Hall–Kier alpha value is -0.960. The van der Waals surface area contributed by atoms with Crippen molar-refractivity contribution in [1.29, 1.82) is 0 Å². The monoisotopic (exact) mass is 239 g/mol. The molecule has 0 aromatic heterocycles. The van der Waals surface area contributed by atoms with Gasteiger partial charge in [0.25, 0.3) is 0 Å². The van der Waals surface area contributed by atoms with Gasteiger partial charge in [0, 0.05) is 6.04 Å². The largest absolute Gasteiger partial charge is 0.310 e. The Morgan fingerprint density at radius 1 is 1.35 bits per heavy atom. The summed E-state index contributed by atoms with van der Waals surface area (Å²) in [6.45, 7) is 5.21. The molecular formula is C14H19F2N. The average molecular weight is 239 g/mol. The van der Waals surface area contributed by atoms with Crippen molar-refractivity contribution in [3.05, 3.63) is 35.4 Å². The molecule has 1 aromatic rings. The molecule has 1 aliphatic carbocycles. The molecule has 1 N–H and O–H groups in total. The Labute approximate surface area is 101 Å². The average Bonchev–Trinajstić information content (AvgIpc) is 3.01. The van der Waals surface area contributed by atoms with Gasteiger partial charge in [0.05, 0.1) is 0 Å². The van der Waals surface area contributed by atoms with Crippen molar-refractivity contribution >= 4 is 0 Å². The van der Waals surface area contributed by atoms with E-state index in [0.717, 1.165) is 18.5 Å². The lowest BCUT2D eigenvalue weighted by Crippen LogP contribution is -2.24. The summed E-state index contributed by atoms with van der Waals surface area (Å²) in [6.07, 6.45) is 2.21. The first-order chi connectivity index (χ1) is 8.13. The maximum absolute atomic E-state index is 13.2. The number of rotatable bonds is 5. The number of hydrogen-bond acceptors (Lipinski definition) is 1. The molecule has 0 heterocycles. The number of halogens is 2. The lowest BCUT2D eigenvalue weighted by molar-refractivity contribution is 0.454. The first-order valence-electron chi connectivity index (χ1n) is 6.31. The van der Waals surface area contributed by atoms with E-state index in [2.05, 4.69) is 19.2 Å². The Bertz CT molecular complexity index is 392. The first kappa shape index (κ1) is 12.5. The molecule has 1 fully saturated rings. The topological polar surface area (TPSA) is 12.0 Å². The second-order valence-electron chi connectivity index (χ2n) is 4.98. The molecule has 1 aliphatic rings. The van der Waals surface area contributed by atoms with Crippen LogP contribution >= 0.6 is 0 Å². The lowest BCUT2D eigenvalue weighted by Gasteiger charge is -2.19. The molecule has 0 aliphatic heterocycles. The fourth-order valence-corrected chi connectivity index (χ4v) is 2.34. The van der Waals surface area contributed by atoms with Crippen LogP contribution in [-0.4, -0.2) is 6.54 Å². The van der Waals surface area contributed by atoms with Gasteiger partial charge in [-0.2, -0.15) is 0 Å². The van der Waals surface area contributed by atoms with Crippen LogP contribution in [0.4, 0.5) is 8.78 Å². The molecule has 0 radical (unpaired) electrons. The molecule has 0 spiro atoms. The zero-order valence-electron chi connectivity index (χ0n) is 10.3. The molecule has 17 heavy (non-hydrogen) atoms. The van der Waals surface area contributed by atoms with Gasteiger partial charge in [-0.1, -0.05) is 19.9 Å². The first-order valence-corrected chi connectivity index (χ1v) is 6.31. The molecule has 1 nitrogen and oxygen atoms in total. The van der Waals surface area contributed by atoms with E-state index in [1.165, 1.54) is 18.6 Å². The number of nitrogens with one attached hydrogen (secondary N) is 1. The Morgan fingerprint density at radius 3 is 2.59 bits per heavy atom. The maximum Gasteiger partial charge on any atom is 0.159 e. The second-order valence-corrected chi connectivity index (χ2v) is 4.98. The summed E-state index contributed by atoms with van der Waals surface area (Å²) in [5.74, 6) is -0.283. The summed E-state index contributed by atoms with van der Waals surface area (Å²) in [5, 5.41) is 3.44. The van der Waals surface area contributed by atoms with Crippen LogP contribution in [-0.2, 0) is 0 Å². The van der Waals surface area contributed by atoms with E-state index in [1.807, 2.05) is 0 Å². The molecule has 3 heteroatoms. The van der Waals surface area contributed by atoms with Crippen LogP contribution in [0.1, 0.15) is 38.3 Å². The molecule has 1 saturated carbocycles. The van der Waals surface area contributed by atoms with Crippen LogP contribution in [0.2, 0.25) is 0 Å². The van der Waals surface area contributed by atoms with Gasteiger partial charge in [-0.3, -0.25) is 0 Å². The minimum atomic E-state index is -0.771. The van der Waals surface area contributed by atoms with E-state index >= 15 is 0 Å². The van der Waals surface area contributed by atoms with Gasteiger partial charge in [0.2, 0.25) is 0 Å². The molecule has 1 aromatic carbocycles. The van der Waals surface area contributed by atoms with Crippen molar-refractivity contribution in [2.75, 3.05) is 6.54 Å². The van der Waals surface area contributed by atoms with Gasteiger partial charge < -0.3 is 5.32 Å². The highest BCUT2D eigenvalue weighted by Crippen LogP contribution is 2.47. The third-order valence-corrected chi connectivity index (χ3v) is 3.52. The van der Waals surface area contributed by atoms with Gasteiger partial charge in [-0.25, -0.2) is 8.78 Å². The smallest absolute Gasteiger partial charge is 0.159 e. The quantitative estimate of drug-likeness (QED) is 0.826. The summed E-state index contributed by atoms with van der Waals surface area (Å²) >= 11 is 0. The van der Waals surface area contributed by atoms with Gasteiger partial charge >= 0.3 is 0 Å². The molecule has 94 valence electrons. The van der Waals surface area contributed by atoms with Crippen LogP contribution in [0.3, 0.4) is 0 Å². The number of benzene rings is 1. The highest BCUT2D eigenvalue weighted by atomic mass is 19.2. The van der Waals surface area contributed by atoms with Crippen molar-refractivity contribution in [2.24, 2.45) is 11.8 Å². The van der Waals surface area contributed by atoms with Gasteiger partial charge in [-0.15, -0.1) is 0 Å². The van der Waals surface area contributed by atoms with Gasteiger partial charge in [-0.05, 0) is 48.9 Å². The number of hydrogen-bond donors (Lipinski definition) is 1. The zero-order valence-corrected chi connectivity index (χ0v) is 10.3. The van der Waals surface area contributed by atoms with E-state index in [4.69, 9.17) is 0 Å². The standard InChI is InChI=1S/C14H19F2N/c1-3-6-17-14(11-7-9(11)2)10-4-5-12(15)13(16)8-10/h4-5,8-9,11,14,17H,3,6-7H2,1-2H3. The highest BCUT2D eigenvalue weighted by molar-refractivity contribution is 5.23. The summed E-state index contributed by atoms with van der Waals surface area (Å²) in [4.78, 5) is 0.